The zero-order chi connectivity index (χ0) is 14.0. The van der Waals surface area contributed by atoms with Crippen molar-refractivity contribution in [2.24, 2.45) is 0 Å². The molecule has 1 N–H and O–H groups in total. The maximum atomic E-state index is 5.63. The molecular weight excluding hydrogens is 238 g/mol. The predicted octanol–water partition coefficient (Wildman–Crippen LogP) is 3.32. The van der Waals surface area contributed by atoms with E-state index < -0.39 is 0 Å². The van der Waals surface area contributed by atoms with E-state index in [1.54, 1.807) is 19.6 Å². The van der Waals surface area contributed by atoms with Crippen molar-refractivity contribution < 1.29 is 4.74 Å². The highest BCUT2D eigenvalue weighted by molar-refractivity contribution is 5.76. The van der Waals surface area contributed by atoms with Gasteiger partial charge in [-0.2, -0.15) is 0 Å². The number of aromatic amines is 1. The number of methoxy groups -OCH3 is 1. The summed E-state index contributed by atoms with van der Waals surface area (Å²) in [5.41, 5.74) is 3.08. The van der Waals surface area contributed by atoms with Crippen molar-refractivity contribution in [3.63, 3.8) is 0 Å². The third-order valence-electron chi connectivity index (χ3n) is 3.35. The van der Waals surface area contributed by atoms with Crippen LogP contribution in [0.5, 0.6) is 5.75 Å². The summed E-state index contributed by atoms with van der Waals surface area (Å²) >= 11 is 0. The van der Waals surface area contributed by atoms with E-state index in [-0.39, 0.29) is 5.54 Å². The second-order valence-corrected chi connectivity index (χ2v) is 5.55. The third kappa shape index (κ3) is 2.57. The van der Waals surface area contributed by atoms with E-state index >= 15 is 0 Å². The van der Waals surface area contributed by atoms with Gasteiger partial charge >= 0.3 is 0 Å². The molecule has 0 atom stereocenters. The summed E-state index contributed by atoms with van der Waals surface area (Å²) in [6, 6.07) is 6.15. The van der Waals surface area contributed by atoms with E-state index in [1.807, 2.05) is 12.1 Å². The Kier molecular flexibility index (Phi) is 3.51. The zero-order valence-corrected chi connectivity index (χ0v) is 12.2. The fourth-order valence-electron chi connectivity index (χ4n) is 1.98. The Morgan fingerprint density at radius 2 is 2.00 bits per heavy atom. The molecule has 1 aromatic heterocycles. The Hall–Kier alpha value is -1.97. The van der Waals surface area contributed by atoms with Gasteiger partial charge in [-0.15, -0.1) is 0 Å². The highest BCUT2D eigenvalue weighted by Crippen LogP contribution is 2.39. The first kappa shape index (κ1) is 13.5. The van der Waals surface area contributed by atoms with E-state index in [9.17, 15) is 0 Å². The quantitative estimate of drug-likeness (QED) is 0.919. The Balaban J connectivity index is 2.55. The molecule has 0 unspecified atom stereocenters. The van der Waals surface area contributed by atoms with Gasteiger partial charge in [0, 0.05) is 18.2 Å². The number of para-hydroxylation sites is 1. The molecule has 0 saturated carbocycles. The summed E-state index contributed by atoms with van der Waals surface area (Å²) in [6.07, 6.45) is 3.48. The summed E-state index contributed by atoms with van der Waals surface area (Å²) in [7, 11) is 3.78. The average Bonchev–Trinajstić information content (AvgIpc) is 2.89. The van der Waals surface area contributed by atoms with Gasteiger partial charge in [0.15, 0.2) is 5.75 Å². The molecule has 0 aliphatic carbocycles. The Bertz CT molecular complexity index is 541. The largest absolute Gasteiger partial charge is 0.494 e. The average molecular weight is 259 g/mol. The number of imidazole rings is 1. The van der Waals surface area contributed by atoms with Crippen LogP contribution >= 0.6 is 0 Å². The Labute approximate surface area is 114 Å². The fourth-order valence-corrected chi connectivity index (χ4v) is 1.98. The number of H-pyrrole nitrogens is 1. The molecule has 19 heavy (non-hydrogen) atoms. The topological polar surface area (TPSA) is 41.1 Å². The van der Waals surface area contributed by atoms with Crippen molar-refractivity contribution in [3.05, 3.63) is 30.7 Å². The number of ether oxygens (including phenoxy) is 1. The van der Waals surface area contributed by atoms with Gasteiger partial charge in [-0.1, -0.05) is 6.07 Å². The number of benzene rings is 1. The minimum absolute atomic E-state index is 0.0277. The van der Waals surface area contributed by atoms with Crippen LogP contribution in [-0.4, -0.2) is 29.7 Å². The predicted molar refractivity (Wildman–Crippen MR) is 78.7 cm³/mol. The number of hydrogen-bond acceptors (Lipinski definition) is 3. The van der Waals surface area contributed by atoms with Crippen molar-refractivity contribution in [1.82, 2.24) is 9.97 Å². The zero-order valence-electron chi connectivity index (χ0n) is 12.2. The van der Waals surface area contributed by atoms with Crippen LogP contribution in [0.2, 0.25) is 0 Å². The van der Waals surface area contributed by atoms with Crippen LogP contribution < -0.4 is 9.64 Å². The van der Waals surface area contributed by atoms with Crippen LogP contribution in [0.15, 0.2) is 30.7 Å². The SMILES string of the molecule is COc1c(-c2cnc[nH]2)cccc1N(C)C(C)(C)C. The molecule has 0 fully saturated rings. The van der Waals surface area contributed by atoms with Gasteiger partial charge in [0.25, 0.3) is 0 Å². The van der Waals surface area contributed by atoms with Crippen molar-refractivity contribution in [1.29, 1.82) is 0 Å². The van der Waals surface area contributed by atoms with Crippen LogP contribution in [0.1, 0.15) is 20.8 Å². The summed E-state index contributed by atoms with van der Waals surface area (Å²) < 4.78 is 5.63. The minimum Gasteiger partial charge on any atom is -0.494 e. The minimum atomic E-state index is 0.0277. The molecule has 0 radical (unpaired) electrons. The van der Waals surface area contributed by atoms with E-state index in [1.165, 1.54) is 0 Å². The number of anilines is 1. The first-order valence-electron chi connectivity index (χ1n) is 6.34. The lowest BCUT2D eigenvalue weighted by atomic mass is 10.0. The molecule has 2 aromatic rings. The Morgan fingerprint density at radius 1 is 1.26 bits per heavy atom. The fraction of sp³-hybridized carbons (Fsp3) is 0.400. The highest BCUT2D eigenvalue weighted by atomic mass is 16.5. The van der Waals surface area contributed by atoms with Crippen molar-refractivity contribution >= 4 is 5.69 Å². The molecule has 0 aliphatic heterocycles. The van der Waals surface area contributed by atoms with Crippen LogP contribution in [0.4, 0.5) is 5.69 Å². The number of rotatable bonds is 3. The van der Waals surface area contributed by atoms with Gasteiger partial charge in [0.05, 0.1) is 31.0 Å². The molecule has 0 amide bonds. The Morgan fingerprint density at radius 3 is 2.53 bits per heavy atom. The van der Waals surface area contributed by atoms with Gasteiger partial charge < -0.3 is 14.6 Å². The van der Waals surface area contributed by atoms with Gasteiger partial charge in [-0.25, -0.2) is 4.98 Å². The maximum absolute atomic E-state index is 5.63. The lowest BCUT2D eigenvalue weighted by Gasteiger charge is -2.35. The summed E-state index contributed by atoms with van der Waals surface area (Å²) in [5.74, 6) is 0.865. The monoisotopic (exact) mass is 259 g/mol. The molecule has 1 heterocycles. The highest BCUT2D eigenvalue weighted by Gasteiger charge is 2.22. The summed E-state index contributed by atoms with van der Waals surface area (Å²) in [4.78, 5) is 9.41. The molecule has 2 rings (SSSR count). The molecule has 4 heteroatoms. The van der Waals surface area contributed by atoms with Crippen molar-refractivity contribution in [2.75, 3.05) is 19.1 Å². The van der Waals surface area contributed by atoms with Gasteiger partial charge in [-0.05, 0) is 32.9 Å². The first-order chi connectivity index (χ1) is 8.95. The lowest BCUT2D eigenvalue weighted by molar-refractivity contribution is 0.412. The van der Waals surface area contributed by atoms with Crippen LogP contribution in [-0.2, 0) is 0 Å². The molecular formula is C15H21N3O. The number of hydrogen-bond donors (Lipinski definition) is 1. The van der Waals surface area contributed by atoms with E-state index in [2.05, 4.69) is 48.8 Å². The van der Waals surface area contributed by atoms with E-state index in [0.717, 1.165) is 22.7 Å². The standard InChI is InChI=1S/C15H21N3O/c1-15(2,3)18(4)13-8-6-7-11(14(13)19-5)12-9-16-10-17-12/h6-10H,1-5H3,(H,16,17). The molecule has 0 aliphatic rings. The van der Waals surface area contributed by atoms with E-state index in [0.29, 0.717) is 0 Å². The van der Waals surface area contributed by atoms with Gasteiger partial charge in [-0.3, -0.25) is 0 Å². The van der Waals surface area contributed by atoms with Crippen LogP contribution in [0.3, 0.4) is 0 Å². The normalized spacial score (nSPS) is 11.4. The lowest BCUT2D eigenvalue weighted by Crippen LogP contribution is -2.38. The summed E-state index contributed by atoms with van der Waals surface area (Å²) in [5, 5.41) is 0. The second kappa shape index (κ2) is 4.96. The number of nitrogens with zero attached hydrogens (tertiary/aromatic N) is 2. The number of aromatic nitrogens is 2. The molecule has 102 valence electrons. The molecule has 0 saturated heterocycles. The first-order valence-corrected chi connectivity index (χ1v) is 6.34. The van der Waals surface area contributed by atoms with Gasteiger partial charge in [0.1, 0.15) is 0 Å². The molecule has 0 bridgehead atoms. The second-order valence-electron chi connectivity index (χ2n) is 5.55. The van der Waals surface area contributed by atoms with Crippen molar-refractivity contribution in [3.8, 4) is 17.0 Å². The smallest absolute Gasteiger partial charge is 0.151 e. The van der Waals surface area contributed by atoms with Gasteiger partial charge in [0.2, 0.25) is 0 Å². The maximum Gasteiger partial charge on any atom is 0.151 e. The molecule has 1 aromatic carbocycles. The van der Waals surface area contributed by atoms with E-state index in [4.69, 9.17) is 4.74 Å². The van der Waals surface area contributed by atoms with Crippen LogP contribution in [0, 0.1) is 0 Å². The molecule has 0 spiro atoms. The summed E-state index contributed by atoms with van der Waals surface area (Å²) in [6.45, 7) is 6.53. The van der Waals surface area contributed by atoms with Crippen LogP contribution in [0.25, 0.3) is 11.3 Å². The third-order valence-corrected chi connectivity index (χ3v) is 3.35. The molecule has 4 nitrogen and oxygen atoms in total. The number of nitrogens with one attached hydrogen (secondary N) is 1. The van der Waals surface area contributed by atoms with Crippen molar-refractivity contribution in [2.45, 2.75) is 26.3 Å².